The number of amides is 1. The van der Waals surface area contributed by atoms with Crippen LogP contribution in [0.5, 0.6) is 0 Å². The molecule has 0 bridgehead atoms. The zero-order valence-electron chi connectivity index (χ0n) is 14.2. The molecule has 3 aromatic rings. The van der Waals surface area contributed by atoms with Gasteiger partial charge >= 0.3 is 0 Å². The highest BCUT2D eigenvalue weighted by Gasteiger charge is 2.07. The van der Waals surface area contributed by atoms with Gasteiger partial charge in [0.2, 0.25) is 5.91 Å². The normalized spacial score (nSPS) is 10.3. The average Bonchev–Trinajstić information content (AvgIpc) is 2.65. The van der Waals surface area contributed by atoms with Crippen molar-refractivity contribution in [2.45, 2.75) is 11.9 Å². The van der Waals surface area contributed by atoms with Crippen molar-refractivity contribution in [3.63, 3.8) is 0 Å². The SMILES string of the molecule is Cc1cc(SCC(=O)NNC(=S)Nc2ccccc2)nc2ccccc12. The lowest BCUT2D eigenvalue weighted by molar-refractivity contribution is -0.119. The highest BCUT2D eigenvalue weighted by atomic mass is 32.2. The van der Waals surface area contributed by atoms with Crippen LogP contribution in [0.15, 0.2) is 65.7 Å². The van der Waals surface area contributed by atoms with Gasteiger partial charge in [-0.15, -0.1) is 0 Å². The number of aryl methyl sites for hydroxylation is 1. The fourth-order valence-corrected chi connectivity index (χ4v) is 3.32. The number of thioether (sulfide) groups is 1. The number of carbonyl (C=O) groups excluding carboxylic acids is 1. The molecule has 1 heterocycles. The van der Waals surface area contributed by atoms with E-state index < -0.39 is 0 Å². The van der Waals surface area contributed by atoms with Crippen molar-refractivity contribution in [2.24, 2.45) is 0 Å². The molecule has 0 atom stereocenters. The van der Waals surface area contributed by atoms with Crippen LogP contribution in [0.4, 0.5) is 5.69 Å². The van der Waals surface area contributed by atoms with E-state index in [9.17, 15) is 4.79 Å². The molecule has 0 saturated carbocycles. The van der Waals surface area contributed by atoms with E-state index >= 15 is 0 Å². The molecular formula is C19H18N4OS2. The Morgan fingerprint density at radius 1 is 1.08 bits per heavy atom. The Labute approximate surface area is 161 Å². The topological polar surface area (TPSA) is 66.1 Å². The first kappa shape index (κ1) is 18.2. The maximum Gasteiger partial charge on any atom is 0.248 e. The molecule has 3 rings (SSSR count). The predicted octanol–water partition coefficient (Wildman–Crippen LogP) is 3.65. The number of carbonyl (C=O) groups is 1. The number of hydrazine groups is 1. The van der Waals surface area contributed by atoms with Gasteiger partial charge in [0.15, 0.2) is 5.11 Å². The van der Waals surface area contributed by atoms with Crippen molar-refractivity contribution in [1.29, 1.82) is 0 Å². The van der Waals surface area contributed by atoms with Crippen LogP contribution in [0.1, 0.15) is 5.56 Å². The molecule has 0 spiro atoms. The van der Waals surface area contributed by atoms with Crippen LogP contribution < -0.4 is 16.2 Å². The number of nitrogens with zero attached hydrogens (tertiary/aromatic N) is 1. The van der Waals surface area contributed by atoms with Crippen LogP contribution in [0.25, 0.3) is 10.9 Å². The molecule has 0 unspecified atom stereocenters. The summed E-state index contributed by atoms with van der Waals surface area (Å²) in [4.78, 5) is 16.6. The summed E-state index contributed by atoms with van der Waals surface area (Å²) in [7, 11) is 0. The van der Waals surface area contributed by atoms with E-state index in [1.54, 1.807) is 0 Å². The van der Waals surface area contributed by atoms with Crippen LogP contribution in [0.3, 0.4) is 0 Å². The number of hydrogen-bond donors (Lipinski definition) is 3. The van der Waals surface area contributed by atoms with Crippen LogP contribution in [-0.4, -0.2) is 21.8 Å². The lowest BCUT2D eigenvalue weighted by Gasteiger charge is -2.11. The monoisotopic (exact) mass is 382 g/mol. The molecule has 0 aliphatic carbocycles. The molecule has 7 heteroatoms. The van der Waals surface area contributed by atoms with Crippen molar-refractivity contribution in [3.05, 3.63) is 66.2 Å². The summed E-state index contributed by atoms with van der Waals surface area (Å²) in [6.45, 7) is 2.05. The second-order valence-corrected chi connectivity index (χ2v) is 6.98. The molecule has 0 aliphatic heterocycles. The van der Waals surface area contributed by atoms with Crippen LogP contribution in [0.2, 0.25) is 0 Å². The first-order chi connectivity index (χ1) is 12.6. The summed E-state index contributed by atoms with van der Waals surface area (Å²) in [5, 5.41) is 5.26. The predicted molar refractivity (Wildman–Crippen MR) is 111 cm³/mol. The fraction of sp³-hybridized carbons (Fsp3) is 0.105. The number of fused-ring (bicyclic) bond motifs is 1. The van der Waals surface area contributed by atoms with Crippen LogP contribution in [-0.2, 0) is 4.79 Å². The largest absolute Gasteiger partial charge is 0.331 e. The van der Waals surface area contributed by atoms with Gasteiger partial charge in [0.25, 0.3) is 0 Å². The molecule has 26 heavy (non-hydrogen) atoms. The molecule has 2 aromatic carbocycles. The van der Waals surface area contributed by atoms with Gasteiger partial charge in [0.1, 0.15) is 0 Å². The minimum absolute atomic E-state index is 0.181. The van der Waals surface area contributed by atoms with Crippen LogP contribution in [0, 0.1) is 6.92 Å². The Kier molecular flexibility index (Phi) is 6.04. The molecule has 1 amide bonds. The zero-order valence-corrected chi connectivity index (χ0v) is 15.8. The lowest BCUT2D eigenvalue weighted by atomic mass is 10.1. The van der Waals surface area contributed by atoms with Crippen molar-refractivity contribution >= 4 is 51.6 Å². The van der Waals surface area contributed by atoms with Crippen molar-refractivity contribution in [1.82, 2.24) is 15.8 Å². The Hall–Kier alpha value is -2.64. The molecular weight excluding hydrogens is 364 g/mol. The van der Waals surface area contributed by atoms with Crippen LogP contribution >= 0.6 is 24.0 Å². The number of thiocarbonyl (C=S) groups is 1. The third kappa shape index (κ3) is 4.93. The van der Waals surface area contributed by atoms with E-state index in [-0.39, 0.29) is 11.7 Å². The van der Waals surface area contributed by atoms with Gasteiger partial charge in [-0.2, -0.15) is 0 Å². The number of rotatable bonds is 4. The molecule has 1 aromatic heterocycles. The Bertz CT molecular complexity index is 931. The standard InChI is InChI=1S/C19H18N4OS2/c1-13-11-18(21-16-10-6-5-9-15(13)16)26-12-17(24)22-23-19(25)20-14-7-3-2-4-8-14/h2-11H,12H2,1H3,(H,22,24)(H2,20,23,25). The molecule has 132 valence electrons. The minimum atomic E-state index is -0.181. The zero-order chi connectivity index (χ0) is 18.4. The lowest BCUT2D eigenvalue weighted by Crippen LogP contribution is -2.44. The Balaban J connectivity index is 1.49. The number of para-hydroxylation sites is 2. The Morgan fingerprint density at radius 2 is 1.81 bits per heavy atom. The number of anilines is 1. The molecule has 0 radical (unpaired) electrons. The minimum Gasteiger partial charge on any atom is -0.331 e. The van der Waals surface area contributed by atoms with E-state index in [1.807, 2.05) is 67.6 Å². The summed E-state index contributed by atoms with van der Waals surface area (Å²) >= 11 is 6.53. The van der Waals surface area contributed by atoms with Gasteiger partial charge in [0.05, 0.1) is 16.3 Å². The summed E-state index contributed by atoms with van der Waals surface area (Å²) in [5.74, 6) is 0.0611. The average molecular weight is 383 g/mol. The van der Waals surface area contributed by atoms with Gasteiger partial charge in [-0.1, -0.05) is 48.2 Å². The quantitative estimate of drug-likeness (QED) is 0.364. The van der Waals surface area contributed by atoms with Crippen molar-refractivity contribution < 1.29 is 4.79 Å². The number of benzene rings is 2. The second kappa shape index (κ2) is 8.64. The summed E-state index contributed by atoms with van der Waals surface area (Å²) < 4.78 is 0. The number of aromatic nitrogens is 1. The number of nitrogens with one attached hydrogen (secondary N) is 3. The molecule has 0 aliphatic rings. The molecule has 0 fully saturated rings. The van der Waals surface area contributed by atoms with Gasteiger partial charge in [-0.3, -0.25) is 15.6 Å². The maximum atomic E-state index is 12.0. The highest BCUT2D eigenvalue weighted by Crippen LogP contribution is 2.23. The van der Waals surface area contributed by atoms with E-state index in [0.29, 0.717) is 5.11 Å². The first-order valence-electron chi connectivity index (χ1n) is 8.02. The van der Waals surface area contributed by atoms with E-state index in [0.717, 1.165) is 27.2 Å². The molecule has 0 saturated heterocycles. The third-order valence-corrected chi connectivity index (χ3v) is 4.71. The number of pyridine rings is 1. The van der Waals surface area contributed by atoms with E-state index in [2.05, 4.69) is 21.2 Å². The summed E-state index contributed by atoms with van der Waals surface area (Å²) in [6, 6.07) is 19.5. The third-order valence-electron chi connectivity index (χ3n) is 3.60. The first-order valence-corrected chi connectivity index (χ1v) is 9.41. The van der Waals surface area contributed by atoms with E-state index in [4.69, 9.17) is 12.2 Å². The van der Waals surface area contributed by atoms with Gasteiger partial charge < -0.3 is 5.32 Å². The van der Waals surface area contributed by atoms with Gasteiger partial charge in [-0.25, -0.2) is 4.98 Å². The van der Waals surface area contributed by atoms with E-state index in [1.165, 1.54) is 11.8 Å². The number of hydrogen-bond acceptors (Lipinski definition) is 4. The second-order valence-electron chi connectivity index (χ2n) is 5.58. The van der Waals surface area contributed by atoms with Gasteiger partial charge in [-0.05, 0) is 49.0 Å². The smallest absolute Gasteiger partial charge is 0.248 e. The summed E-state index contributed by atoms with van der Waals surface area (Å²) in [5.41, 5.74) is 8.21. The highest BCUT2D eigenvalue weighted by molar-refractivity contribution is 7.99. The van der Waals surface area contributed by atoms with Crippen molar-refractivity contribution in [3.8, 4) is 0 Å². The Morgan fingerprint density at radius 3 is 2.62 bits per heavy atom. The van der Waals surface area contributed by atoms with Crippen molar-refractivity contribution in [2.75, 3.05) is 11.1 Å². The van der Waals surface area contributed by atoms with Gasteiger partial charge in [0, 0.05) is 11.1 Å². The summed E-state index contributed by atoms with van der Waals surface area (Å²) in [6.07, 6.45) is 0. The fourth-order valence-electron chi connectivity index (χ4n) is 2.38. The maximum absolute atomic E-state index is 12.0. The molecule has 5 nitrogen and oxygen atoms in total. The molecule has 3 N–H and O–H groups in total.